The summed E-state index contributed by atoms with van der Waals surface area (Å²) in [6, 6.07) is 6.89. The van der Waals surface area contributed by atoms with Crippen LogP contribution in [0.4, 0.5) is 10.5 Å². The van der Waals surface area contributed by atoms with E-state index in [0.717, 1.165) is 11.3 Å². The van der Waals surface area contributed by atoms with Crippen molar-refractivity contribution in [3.8, 4) is 11.5 Å². The van der Waals surface area contributed by atoms with E-state index < -0.39 is 0 Å². The summed E-state index contributed by atoms with van der Waals surface area (Å²) in [6.07, 6.45) is 1.74. The molecule has 6 nitrogen and oxygen atoms in total. The first-order valence-electron chi connectivity index (χ1n) is 8.15. The van der Waals surface area contributed by atoms with Crippen molar-refractivity contribution >= 4 is 11.7 Å². The van der Waals surface area contributed by atoms with Crippen LogP contribution in [0.15, 0.2) is 34.9 Å². The first-order valence-corrected chi connectivity index (χ1v) is 8.15. The fourth-order valence-electron chi connectivity index (χ4n) is 2.06. The second-order valence-corrected chi connectivity index (χ2v) is 6.35. The third-order valence-corrected chi connectivity index (χ3v) is 3.98. The number of urea groups is 1. The predicted octanol–water partition coefficient (Wildman–Crippen LogP) is 3.60. The van der Waals surface area contributed by atoms with Crippen LogP contribution >= 0.6 is 0 Å². The second-order valence-electron chi connectivity index (χ2n) is 6.35. The molecule has 0 radical (unpaired) electrons. The molecule has 0 spiro atoms. The average molecular weight is 331 g/mol. The first kappa shape index (κ1) is 18.0. The fraction of sp³-hybridized carbons (Fsp3) is 0.444. The highest BCUT2D eigenvalue weighted by Crippen LogP contribution is 2.24. The zero-order valence-electron chi connectivity index (χ0n) is 14.5. The quantitative estimate of drug-likeness (QED) is 0.754. The molecule has 3 N–H and O–H groups in total. The Morgan fingerprint density at radius 1 is 1.21 bits per heavy atom. The van der Waals surface area contributed by atoms with Crippen LogP contribution in [-0.2, 0) is 0 Å². The van der Waals surface area contributed by atoms with Crippen LogP contribution in [0.25, 0.3) is 11.5 Å². The number of carbonyl (C=O) groups is 1. The van der Waals surface area contributed by atoms with E-state index in [9.17, 15) is 4.79 Å². The topological polar surface area (TPSA) is 87.4 Å². The minimum atomic E-state index is -0.297. The maximum absolute atomic E-state index is 11.9. The van der Waals surface area contributed by atoms with Gasteiger partial charge in [-0.3, -0.25) is 0 Å². The van der Waals surface area contributed by atoms with Crippen LogP contribution in [0, 0.1) is 5.92 Å². The Hall–Kier alpha value is -2.34. The number of nitrogens with zero attached hydrogens (tertiary/aromatic N) is 1. The number of aliphatic hydroxyl groups is 1. The highest BCUT2D eigenvalue weighted by Gasteiger charge is 2.14. The molecule has 6 heteroatoms. The summed E-state index contributed by atoms with van der Waals surface area (Å²) >= 11 is 0. The summed E-state index contributed by atoms with van der Waals surface area (Å²) < 4.78 is 5.71. The van der Waals surface area contributed by atoms with Crippen molar-refractivity contribution in [2.24, 2.45) is 5.92 Å². The third-order valence-electron chi connectivity index (χ3n) is 3.98. The molecule has 0 bridgehead atoms. The van der Waals surface area contributed by atoms with Crippen molar-refractivity contribution < 1.29 is 14.3 Å². The van der Waals surface area contributed by atoms with E-state index in [1.807, 2.05) is 26.0 Å². The van der Waals surface area contributed by atoms with E-state index >= 15 is 0 Å². The molecule has 0 saturated carbocycles. The Balaban J connectivity index is 1.97. The molecular weight excluding hydrogens is 306 g/mol. The lowest BCUT2D eigenvalue weighted by Crippen LogP contribution is -2.40. The third kappa shape index (κ3) is 4.58. The molecule has 2 atom stereocenters. The van der Waals surface area contributed by atoms with E-state index in [1.165, 1.54) is 0 Å². The Kier molecular flexibility index (Phi) is 5.98. The van der Waals surface area contributed by atoms with Gasteiger partial charge >= 0.3 is 6.03 Å². The predicted molar refractivity (Wildman–Crippen MR) is 93.9 cm³/mol. The monoisotopic (exact) mass is 331 g/mol. The number of rotatable bonds is 6. The van der Waals surface area contributed by atoms with Crippen LogP contribution in [0.2, 0.25) is 0 Å². The van der Waals surface area contributed by atoms with E-state index in [1.54, 1.807) is 18.3 Å². The lowest BCUT2D eigenvalue weighted by Gasteiger charge is -2.19. The molecule has 0 aliphatic heterocycles. The van der Waals surface area contributed by atoms with Crippen molar-refractivity contribution in [2.75, 3.05) is 11.9 Å². The Labute approximate surface area is 142 Å². The van der Waals surface area contributed by atoms with Crippen LogP contribution in [-0.4, -0.2) is 28.8 Å². The lowest BCUT2D eigenvalue weighted by molar-refractivity contribution is 0.204. The van der Waals surface area contributed by atoms with Gasteiger partial charge in [-0.2, -0.15) is 0 Å². The smallest absolute Gasteiger partial charge is 0.319 e. The summed E-state index contributed by atoms with van der Waals surface area (Å²) in [6.45, 7) is 7.87. The van der Waals surface area contributed by atoms with Gasteiger partial charge < -0.3 is 20.2 Å². The standard InChI is InChI=1S/C18H25N3O3/c1-11(2)16-9-19-17(24-16)14-5-7-15(8-6-14)21-18(23)20-13(4)12(3)10-22/h5-9,11-13,22H,10H2,1-4H3,(H2,20,21,23)/t12-,13+/m0/s1. The molecule has 0 unspecified atom stereocenters. The second kappa shape index (κ2) is 7.97. The summed E-state index contributed by atoms with van der Waals surface area (Å²) in [7, 11) is 0. The summed E-state index contributed by atoms with van der Waals surface area (Å²) in [5.41, 5.74) is 1.53. The van der Waals surface area contributed by atoms with Crippen molar-refractivity contribution in [3.63, 3.8) is 0 Å². The summed E-state index contributed by atoms with van der Waals surface area (Å²) in [5, 5.41) is 14.7. The Morgan fingerprint density at radius 2 is 1.88 bits per heavy atom. The number of amides is 2. The molecule has 1 aromatic carbocycles. The first-order chi connectivity index (χ1) is 11.4. The van der Waals surface area contributed by atoms with Crippen LogP contribution in [0.5, 0.6) is 0 Å². The highest BCUT2D eigenvalue weighted by molar-refractivity contribution is 5.89. The number of aromatic nitrogens is 1. The van der Waals surface area contributed by atoms with Gasteiger partial charge in [0.2, 0.25) is 5.89 Å². The van der Waals surface area contributed by atoms with Gasteiger partial charge in [0.05, 0.1) is 6.20 Å². The summed E-state index contributed by atoms with van der Waals surface area (Å²) in [5.74, 6) is 1.70. The molecule has 0 aliphatic carbocycles. The van der Waals surface area contributed by atoms with Gasteiger partial charge in [-0.05, 0) is 37.1 Å². The van der Waals surface area contributed by atoms with Gasteiger partial charge in [0.15, 0.2) is 0 Å². The summed E-state index contributed by atoms with van der Waals surface area (Å²) in [4.78, 5) is 16.2. The number of carbonyl (C=O) groups excluding carboxylic acids is 1. The van der Waals surface area contributed by atoms with Crippen LogP contribution < -0.4 is 10.6 Å². The number of oxazole rings is 1. The van der Waals surface area contributed by atoms with Crippen molar-refractivity contribution in [3.05, 3.63) is 36.2 Å². The Bertz CT molecular complexity index is 664. The van der Waals surface area contributed by atoms with Gasteiger partial charge in [-0.25, -0.2) is 9.78 Å². The molecule has 1 aromatic heterocycles. The van der Waals surface area contributed by atoms with Gasteiger partial charge in [-0.15, -0.1) is 0 Å². The highest BCUT2D eigenvalue weighted by atomic mass is 16.4. The number of benzene rings is 1. The maximum atomic E-state index is 11.9. The minimum Gasteiger partial charge on any atom is -0.441 e. The Morgan fingerprint density at radius 3 is 2.42 bits per heavy atom. The van der Waals surface area contributed by atoms with Crippen LogP contribution in [0.3, 0.4) is 0 Å². The molecule has 0 saturated heterocycles. The van der Waals surface area contributed by atoms with E-state index in [-0.39, 0.29) is 24.6 Å². The SMILES string of the molecule is CC(C)c1cnc(-c2ccc(NC(=O)N[C@H](C)[C@@H](C)CO)cc2)o1. The normalized spacial score (nSPS) is 13.6. The van der Waals surface area contributed by atoms with Crippen LogP contribution in [0.1, 0.15) is 39.4 Å². The molecule has 0 aliphatic rings. The fourth-order valence-corrected chi connectivity index (χ4v) is 2.06. The van der Waals surface area contributed by atoms with E-state index in [4.69, 9.17) is 9.52 Å². The molecule has 130 valence electrons. The molecule has 2 rings (SSSR count). The van der Waals surface area contributed by atoms with Gasteiger partial charge in [0.1, 0.15) is 5.76 Å². The number of hydrogen-bond acceptors (Lipinski definition) is 4. The molecule has 2 amide bonds. The molecule has 1 heterocycles. The lowest BCUT2D eigenvalue weighted by atomic mass is 10.1. The number of aliphatic hydroxyl groups excluding tert-OH is 1. The van der Waals surface area contributed by atoms with Gasteiger partial charge in [0, 0.05) is 29.8 Å². The van der Waals surface area contributed by atoms with Crippen molar-refractivity contribution in [2.45, 2.75) is 39.7 Å². The van der Waals surface area contributed by atoms with Gasteiger partial charge in [-0.1, -0.05) is 20.8 Å². The zero-order chi connectivity index (χ0) is 17.7. The van der Waals surface area contributed by atoms with Crippen molar-refractivity contribution in [1.82, 2.24) is 10.3 Å². The maximum Gasteiger partial charge on any atom is 0.319 e. The molecule has 2 aromatic rings. The largest absolute Gasteiger partial charge is 0.441 e. The average Bonchev–Trinajstić information content (AvgIpc) is 3.04. The molecular formula is C18H25N3O3. The number of nitrogens with one attached hydrogen (secondary N) is 2. The minimum absolute atomic E-state index is 0.00157. The van der Waals surface area contributed by atoms with Gasteiger partial charge in [0.25, 0.3) is 0 Å². The van der Waals surface area contributed by atoms with Crippen molar-refractivity contribution in [1.29, 1.82) is 0 Å². The van der Waals surface area contributed by atoms with E-state index in [0.29, 0.717) is 17.5 Å². The zero-order valence-corrected chi connectivity index (χ0v) is 14.5. The van der Waals surface area contributed by atoms with E-state index in [2.05, 4.69) is 29.5 Å². The molecule has 24 heavy (non-hydrogen) atoms. The number of anilines is 1. The number of hydrogen-bond donors (Lipinski definition) is 3. The molecule has 0 fully saturated rings.